The first kappa shape index (κ1) is 13.1. The van der Waals surface area contributed by atoms with E-state index in [9.17, 15) is 0 Å². The molecule has 5 heteroatoms. The van der Waals surface area contributed by atoms with Crippen molar-refractivity contribution in [2.24, 2.45) is 0 Å². The number of nitrogens with two attached hydrogens (primary N) is 1. The van der Waals surface area contributed by atoms with Crippen molar-refractivity contribution in [3.8, 4) is 11.4 Å². The molecule has 0 saturated carbocycles. The lowest BCUT2D eigenvalue weighted by Gasteiger charge is -2.09. The molecule has 0 aliphatic rings. The maximum atomic E-state index is 5.79. The van der Waals surface area contributed by atoms with Gasteiger partial charge in [0.1, 0.15) is 0 Å². The van der Waals surface area contributed by atoms with Gasteiger partial charge in [0, 0.05) is 11.3 Å². The van der Waals surface area contributed by atoms with Crippen LogP contribution in [-0.2, 0) is 0 Å². The van der Waals surface area contributed by atoms with Gasteiger partial charge in [0.25, 0.3) is 0 Å². The second kappa shape index (κ2) is 5.58. The maximum absolute atomic E-state index is 5.79. The molecular formula is C16H15N5. The first-order valence-electron chi connectivity index (χ1n) is 6.62. The van der Waals surface area contributed by atoms with E-state index in [0.717, 1.165) is 16.8 Å². The van der Waals surface area contributed by atoms with Crippen LogP contribution in [0, 0.1) is 6.92 Å². The van der Waals surface area contributed by atoms with Gasteiger partial charge in [0.05, 0.1) is 0 Å². The number of anilines is 3. The van der Waals surface area contributed by atoms with Gasteiger partial charge < -0.3 is 11.1 Å². The summed E-state index contributed by atoms with van der Waals surface area (Å²) in [5.74, 6) is 1.19. The van der Waals surface area contributed by atoms with Crippen LogP contribution < -0.4 is 11.1 Å². The van der Waals surface area contributed by atoms with Gasteiger partial charge in [-0.3, -0.25) is 0 Å². The molecular weight excluding hydrogens is 262 g/mol. The summed E-state index contributed by atoms with van der Waals surface area (Å²) in [5.41, 5.74) is 8.74. The summed E-state index contributed by atoms with van der Waals surface area (Å²) < 4.78 is 0. The molecule has 1 heterocycles. The van der Waals surface area contributed by atoms with Crippen molar-refractivity contribution in [2.75, 3.05) is 11.1 Å². The van der Waals surface area contributed by atoms with Crippen molar-refractivity contribution in [3.05, 3.63) is 60.2 Å². The highest BCUT2D eigenvalue weighted by atomic mass is 15.2. The molecule has 0 spiro atoms. The normalized spacial score (nSPS) is 10.3. The second-order valence-electron chi connectivity index (χ2n) is 4.65. The number of nitrogen functional groups attached to an aromatic ring is 1. The highest BCUT2D eigenvalue weighted by Gasteiger charge is 2.07. The van der Waals surface area contributed by atoms with Crippen LogP contribution in [0.5, 0.6) is 0 Å². The lowest BCUT2D eigenvalue weighted by atomic mass is 10.2. The fourth-order valence-corrected chi connectivity index (χ4v) is 2.00. The van der Waals surface area contributed by atoms with Gasteiger partial charge in [-0.15, -0.1) is 0 Å². The smallest absolute Gasteiger partial charge is 0.232 e. The minimum atomic E-state index is 0.194. The average Bonchev–Trinajstić information content (AvgIpc) is 2.50. The lowest BCUT2D eigenvalue weighted by Crippen LogP contribution is -2.05. The number of benzene rings is 2. The number of hydrogen-bond donors (Lipinski definition) is 2. The molecule has 2 aromatic carbocycles. The van der Waals surface area contributed by atoms with E-state index in [0.29, 0.717) is 11.8 Å². The highest BCUT2D eigenvalue weighted by molar-refractivity contribution is 5.62. The van der Waals surface area contributed by atoms with Crippen molar-refractivity contribution in [3.63, 3.8) is 0 Å². The molecule has 1 aromatic heterocycles. The van der Waals surface area contributed by atoms with Crippen LogP contribution in [-0.4, -0.2) is 15.0 Å². The molecule has 0 aliphatic carbocycles. The SMILES string of the molecule is Cc1ccccc1Nc1nc(N)nc(-c2ccccc2)n1. The Hall–Kier alpha value is -2.95. The molecule has 5 nitrogen and oxygen atoms in total. The number of aryl methyl sites for hydroxylation is 1. The molecule has 0 aliphatic heterocycles. The standard InChI is InChI=1S/C16H15N5/c1-11-7-5-6-10-13(11)18-16-20-14(19-15(17)21-16)12-8-3-2-4-9-12/h2-10H,1H3,(H3,17,18,19,20,21). The largest absolute Gasteiger partial charge is 0.368 e. The Kier molecular flexibility index (Phi) is 3.47. The van der Waals surface area contributed by atoms with Gasteiger partial charge in [0.15, 0.2) is 5.82 Å². The highest BCUT2D eigenvalue weighted by Crippen LogP contribution is 2.20. The number of aromatic nitrogens is 3. The summed E-state index contributed by atoms with van der Waals surface area (Å²) in [4.78, 5) is 12.8. The molecule has 0 atom stereocenters. The molecule has 3 rings (SSSR count). The summed E-state index contributed by atoms with van der Waals surface area (Å²) in [6, 6.07) is 17.6. The number of rotatable bonds is 3. The molecule has 21 heavy (non-hydrogen) atoms. The summed E-state index contributed by atoms with van der Waals surface area (Å²) >= 11 is 0. The number of hydrogen-bond acceptors (Lipinski definition) is 5. The fraction of sp³-hybridized carbons (Fsp3) is 0.0625. The van der Waals surface area contributed by atoms with Gasteiger partial charge in [-0.2, -0.15) is 15.0 Å². The first-order chi connectivity index (χ1) is 10.2. The zero-order valence-corrected chi connectivity index (χ0v) is 11.6. The monoisotopic (exact) mass is 277 g/mol. The molecule has 0 bridgehead atoms. The number of nitrogens with zero attached hydrogens (tertiary/aromatic N) is 3. The molecule has 3 N–H and O–H groups in total. The Morgan fingerprint density at radius 1 is 0.857 bits per heavy atom. The van der Waals surface area contributed by atoms with Crippen LogP contribution in [0.1, 0.15) is 5.56 Å². The third kappa shape index (κ3) is 2.97. The first-order valence-corrected chi connectivity index (χ1v) is 6.62. The zero-order chi connectivity index (χ0) is 14.7. The summed E-state index contributed by atoms with van der Waals surface area (Å²) in [6.45, 7) is 2.02. The third-order valence-corrected chi connectivity index (χ3v) is 3.08. The molecule has 0 unspecified atom stereocenters. The van der Waals surface area contributed by atoms with E-state index in [-0.39, 0.29) is 5.95 Å². The van der Waals surface area contributed by atoms with Crippen LogP contribution in [0.15, 0.2) is 54.6 Å². The van der Waals surface area contributed by atoms with E-state index in [1.165, 1.54) is 0 Å². The Balaban J connectivity index is 1.97. The van der Waals surface area contributed by atoms with Gasteiger partial charge in [-0.1, -0.05) is 48.5 Å². The summed E-state index contributed by atoms with van der Waals surface area (Å²) in [5, 5.41) is 3.18. The van der Waals surface area contributed by atoms with Crippen LogP contribution in [0.2, 0.25) is 0 Å². The van der Waals surface area contributed by atoms with E-state index in [1.807, 2.05) is 61.5 Å². The second-order valence-corrected chi connectivity index (χ2v) is 4.65. The quantitative estimate of drug-likeness (QED) is 0.769. The summed E-state index contributed by atoms with van der Waals surface area (Å²) in [7, 11) is 0. The van der Waals surface area contributed by atoms with E-state index in [4.69, 9.17) is 5.73 Å². The van der Waals surface area contributed by atoms with Crippen LogP contribution in [0.4, 0.5) is 17.6 Å². The van der Waals surface area contributed by atoms with Gasteiger partial charge in [-0.05, 0) is 18.6 Å². The topological polar surface area (TPSA) is 76.7 Å². The molecule has 0 saturated heterocycles. The van der Waals surface area contributed by atoms with Crippen LogP contribution in [0.3, 0.4) is 0 Å². The lowest BCUT2D eigenvalue weighted by molar-refractivity contribution is 1.07. The van der Waals surface area contributed by atoms with Gasteiger partial charge >= 0.3 is 0 Å². The molecule has 104 valence electrons. The van der Waals surface area contributed by atoms with Crippen molar-refractivity contribution in [2.45, 2.75) is 6.92 Å². The Labute approximate surface area is 122 Å². The van der Waals surface area contributed by atoms with Crippen LogP contribution in [0.25, 0.3) is 11.4 Å². The predicted octanol–water partition coefficient (Wildman–Crippen LogP) is 3.17. The Morgan fingerprint density at radius 3 is 2.33 bits per heavy atom. The van der Waals surface area contributed by atoms with Crippen molar-refractivity contribution >= 4 is 17.6 Å². The zero-order valence-electron chi connectivity index (χ0n) is 11.6. The van der Waals surface area contributed by atoms with Crippen molar-refractivity contribution < 1.29 is 0 Å². The molecule has 0 amide bonds. The number of para-hydroxylation sites is 1. The number of nitrogens with one attached hydrogen (secondary N) is 1. The third-order valence-electron chi connectivity index (χ3n) is 3.08. The van der Waals surface area contributed by atoms with Gasteiger partial charge in [-0.25, -0.2) is 0 Å². The van der Waals surface area contributed by atoms with Gasteiger partial charge in [0.2, 0.25) is 11.9 Å². The maximum Gasteiger partial charge on any atom is 0.232 e. The summed E-state index contributed by atoms with van der Waals surface area (Å²) in [6.07, 6.45) is 0. The predicted molar refractivity (Wildman–Crippen MR) is 84.1 cm³/mol. The van der Waals surface area contributed by atoms with E-state index >= 15 is 0 Å². The minimum Gasteiger partial charge on any atom is -0.368 e. The Morgan fingerprint density at radius 2 is 1.57 bits per heavy atom. The van der Waals surface area contributed by atoms with Crippen LogP contribution >= 0.6 is 0 Å². The van der Waals surface area contributed by atoms with E-state index < -0.39 is 0 Å². The minimum absolute atomic E-state index is 0.194. The Bertz CT molecular complexity index is 756. The van der Waals surface area contributed by atoms with Crippen molar-refractivity contribution in [1.82, 2.24) is 15.0 Å². The fourth-order valence-electron chi connectivity index (χ4n) is 2.00. The average molecular weight is 277 g/mol. The van der Waals surface area contributed by atoms with E-state index in [2.05, 4.69) is 20.3 Å². The molecule has 0 fully saturated rings. The van der Waals surface area contributed by atoms with E-state index in [1.54, 1.807) is 0 Å². The molecule has 0 radical (unpaired) electrons. The van der Waals surface area contributed by atoms with Crippen molar-refractivity contribution in [1.29, 1.82) is 0 Å². The molecule has 3 aromatic rings.